The van der Waals surface area contributed by atoms with Gasteiger partial charge in [0.25, 0.3) is 0 Å². The highest BCUT2D eigenvalue weighted by Crippen LogP contribution is 2.15. The first kappa shape index (κ1) is 10.7. The number of nitrogen functional groups attached to an aromatic ring is 1. The molecule has 0 spiro atoms. The first-order valence-corrected chi connectivity index (χ1v) is 3.36. The van der Waals surface area contributed by atoms with Crippen molar-refractivity contribution in [2.75, 3.05) is 17.6 Å². The van der Waals surface area contributed by atoms with Gasteiger partial charge < -0.3 is 11.1 Å². The number of nitrogens with one attached hydrogen (secondary N) is 1. The second-order valence-electron chi connectivity index (χ2n) is 2.14. The summed E-state index contributed by atoms with van der Waals surface area (Å²) in [5, 5.41) is 3.00. The Morgan fingerprint density at radius 3 is 2.67 bits per heavy atom. The molecule has 0 aliphatic carbocycles. The van der Waals surface area contributed by atoms with E-state index in [1.165, 1.54) is 0 Å². The fourth-order valence-corrected chi connectivity index (χ4v) is 0.804. The Morgan fingerprint density at radius 1 is 1.42 bits per heavy atom. The van der Waals surface area contributed by atoms with Crippen molar-refractivity contribution in [2.45, 2.75) is 0 Å². The van der Waals surface area contributed by atoms with Gasteiger partial charge in [-0.1, -0.05) is 18.1 Å². The van der Waals surface area contributed by atoms with Gasteiger partial charge in [-0.25, -0.2) is 0 Å². The van der Waals surface area contributed by atoms with Crippen LogP contribution in [0.1, 0.15) is 0 Å². The highest BCUT2D eigenvalue weighted by molar-refractivity contribution is 5.85. The maximum Gasteiger partial charge on any atom is 0.0764 e. The number of benzene rings is 1. The zero-order valence-electron chi connectivity index (χ0n) is 6.58. The van der Waals surface area contributed by atoms with E-state index in [4.69, 9.17) is 12.2 Å². The predicted octanol–water partition coefficient (Wildman–Crippen LogP) is 1.74. The molecule has 0 amide bonds. The van der Waals surface area contributed by atoms with Crippen LogP contribution in [0.2, 0.25) is 0 Å². The van der Waals surface area contributed by atoms with Gasteiger partial charge in [0.1, 0.15) is 0 Å². The van der Waals surface area contributed by atoms with Gasteiger partial charge in [-0.05, 0) is 12.1 Å². The molecular formula is C9H11ClN2. The van der Waals surface area contributed by atoms with E-state index in [2.05, 4.69) is 11.2 Å². The summed E-state index contributed by atoms with van der Waals surface area (Å²) >= 11 is 0. The minimum absolute atomic E-state index is 0. The minimum Gasteiger partial charge on any atom is -0.397 e. The summed E-state index contributed by atoms with van der Waals surface area (Å²) in [6.45, 7) is 0.508. The van der Waals surface area contributed by atoms with E-state index in [9.17, 15) is 0 Å². The maximum atomic E-state index is 5.63. The van der Waals surface area contributed by atoms with Crippen molar-refractivity contribution in [3.8, 4) is 12.3 Å². The highest BCUT2D eigenvalue weighted by Gasteiger charge is 1.92. The quantitative estimate of drug-likeness (QED) is 0.540. The van der Waals surface area contributed by atoms with Gasteiger partial charge in [0, 0.05) is 0 Å². The number of halogens is 1. The molecule has 3 heteroatoms. The zero-order valence-corrected chi connectivity index (χ0v) is 7.40. The molecule has 2 nitrogen and oxygen atoms in total. The van der Waals surface area contributed by atoms with Crippen molar-refractivity contribution in [1.29, 1.82) is 0 Å². The number of rotatable bonds is 2. The van der Waals surface area contributed by atoms with Gasteiger partial charge in [0.05, 0.1) is 17.9 Å². The number of terminal acetylenes is 1. The standard InChI is InChI=1S/C9H10N2.ClH/c1-2-7-11-9-6-4-3-5-8(9)10;/h1,3-6,11H,7,10H2;1H. The van der Waals surface area contributed by atoms with Crippen molar-refractivity contribution in [3.05, 3.63) is 24.3 Å². The van der Waals surface area contributed by atoms with E-state index in [0.717, 1.165) is 11.4 Å². The summed E-state index contributed by atoms with van der Waals surface area (Å²) in [4.78, 5) is 0. The molecule has 0 aliphatic heterocycles. The number of hydrogen-bond acceptors (Lipinski definition) is 2. The Kier molecular flexibility index (Phi) is 4.75. The molecule has 12 heavy (non-hydrogen) atoms. The third-order valence-corrected chi connectivity index (χ3v) is 1.34. The van der Waals surface area contributed by atoms with Crippen molar-refractivity contribution in [2.24, 2.45) is 0 Å². The molecule has 1 aromatic carbocycles. The summed E-state index contributed by atoms with van der Waals surface area (Å²) in [6.07, 6.45) is 5.07. The zero-order chi connectivity index (χ0) is 8.10. The second-order valence-corrected chi connectivity index (χ2v) is 2.14. The summed E-state index contributed by atoms with van der Waals surface area (Å²) < 4.78 is 0. The molecule has 0 fully saturated rings. The van der Waals surface area contributed by atoms with E-state index < -0.39 is 0 Å². The molecule has 0 aromatic heterocycles. The third-order valence-electron chi connectivity index (χ3n) is 1.34. The Bertz CT molecular complexity index is 278. The lowest BCUT2D eigenvalue weighted by Gasteiger charge is -2.04. The number of anilines is 2. The number of hydrogen-bond donors (Lipinski definition) is 2. The maximum absolute atomic E-state index is 5.63. The van der Waals surface area contributed by atoms with Crippen LogP contribution in [0.3, 0.4) is 0 Å². The average Bonchev–Trinajstić information content (AvgIpc) is 2.03. The molecule has 0 saturated heterocycles. The summed E-state index contributed by atoms with van der Waals surface area (Å²) in [7, 11) is 0. The van der Waals surface area contributed by atoms with Crippen LogP contribution in [0, 0.1) is 12.3 Å². The molecule has 64 valence electrons. The Balaban J connectivity index is 0.00000121. The molecule has 0 bridgehead atoms. The summed E-state index contributed by atoms with van der Waals surface area (Å²) in [5.74, 6) is 2.48. The van der Waals surface area contributed by atoms with E-state index in [0.29, 0.717) is 6.54 Å². The third kappa shape index (κ3) is 2.73. The molecule has 0 unspecified atom stereocenters. The van der Waals surface area contributed by atoms with E-state index >= 15 is 0 Å². The van der Waals surface area contributed by atoms with Gasteiger partial charge >= 0.3 is 0 Å². The van der Waals surface area contributed by atoms with Crippen LogP contribution in [0.15, 0.2) is 24.3 Å². The summed E-state index contributed by atoms with van der Waals surface area (Å²) in [6, 6.07) is 7.52. The van der Waals surface area contributed by atoms with Crippen LogP contribution in [-0.2, 0) is 0 Å². The monoisotopic (exact) mass is 182 g/mol. The smallest absolute Gasteiger partial charge is 0.0764 e. The Labute approximate surface area is 78.6 Å². The van der Waals surface area contributed by atoms with Gasteiger partial charge in [-0.15, -0.1) is 18.8 Å². The molecule has 1 aromatic rings. The lowest BCUT2D eigenvalue weighted by atomic mass is 10.3. The van der Waals surface area contributed by atoms with Gasteiger partial charge in [-0.2, -0.15) is 0 Å². The predicted molar refractivity (Wildman–Crippen MR) is 55.4 cm³/mol. The normalized spacial score (nSPS) is 7.92. The van der Waals surface area contributed by atoms with Crippen molar-refractivity contribution in [3.63, 3.8) is 0 Å². The SMILES string of the molecule is C#CCNc1ccccc1N.Cl. The van der Waals surface area contributed by atoms with Gasteiger partial charge in [0.2, 0.25) is 0 Å². The van der Waals surface area contributed by atoms with E-state index in [-0.39, 0.29) is 12.4 Å². The van der Waals surface area contributed by atoms with Gasteiger partial charge in [0.15, 0.2) is 0 Å². The lowest BCUT2D eigenvalue weighted by Crippen LogP contribution is -2.01. The van der Waals surface area contributed by atoms with E-state index in [1.807, 2.05) is 24.3 Å². The van der Waals surface area contributed by atoms with Crippen molar-refractivity contribution in [1.82, 2.24) is 0 Å². The number of nitrogens with two attached hydrogens (primary N) is 1. The fraction of sp³-hybridized carbons (Fsp3) is 0.111. The second kappa shape index (κ2) is 5.34. The molecule has 1 rings (SSSR count). The average molecular weight is 183 g/mol. The lowest BCUT2D eigenvalue weighted by molar-refractivity contribution is 1.38. The topological polar surface area (TPSA) is 38.0 Å². The first-order chi connectivity index (χ1) is 5.34. The van der Waals surface area contributed by atoms with Crippen LogP contribution in [0.4, 0.5) is 11.4 Å². The van der Waals surface area contributed by atoms with E-state index in [1.54, 1.807) is 0 Å². The van der Waals surface area contributed by atoms with Crippen molar-refractivity contribution >= 4 is 23.8 Å². The molecule has 0 saturated carbocycles. The van der Waals surface area contributed by atoms with Crippen LogP contribution in [-0.4, -0.2) is 6.54 Å². The van der Waals surface area contributed by atoms with Crippen LogP contribution in [0.25, 0.3) is 0 Å². The molecule has 0 radical (unpaired) electrons. The molecule has 3 N–H and O–H groups in total. The number of para-hydroxylation sites is 2. The fourth-order valence-electron chi connectivity index (χ4n) is 0.804. The molecule has 0 aliphatic rings. The molecule has 0 heterocycles. The van der Waals surface area contributed by atoms with Crippen LogP contribution < -0.4 is 11.1 Å². The minimum atomic E-state index is 0. The van der Waals surface area contributed by atoms with Crippen LogP contribution >= 0.6 is 12.4 Å². The largest absolute Gasteiger partial charge is 0.397 e. The first-order valence-electron chi connectivity index (χ1n) is 3.36. The highest BCUT2D eigenvalue weighted by atomic mass is 35.5. The summed E-state index contributed by atoms with van der Waals surface area (Å²) in [5.41, 5.74) is 7.25. The van der Waals surface area contributed by atoms with Gasteiger partial charge in [-0.3, -0.25) is 0 Å². The Hall–Kier alpha value is -1.33. The van der Waals surface area contributed by atoms with Crippen molar-refractivity contribution < 1.29 is 0 Å². The van der Waals surface area contributed by atoms with Crippen LogP contribution in [0.5, 0.6) is 0 Å². The molecular weight excluding hydrogens is 172 g/mol. The Morgan fingerprint density at radius 2 is 2.08 bits per heavy atom. The molecule has 0 atom stereocenters.